The molecule has 2 N–H and O–H groups in total. The van der Waals surface area contributed by atoms with Gasteiger partial charge in [0.15, 0.2) is 5.65 Å². The third-order valence-electron chi connectivity index (χ3n) is 4.52. The summed E-state index contributed by atoms with van der Waals surface area (Å²) in [5, 5.41) is 13.6. The Morgan fingerprint density at radius 1 is 1.04 bits per heavy atom. The molecule has 0 saturated heterocycles. The molecule has 0 aliphatic carbocycles. The number of nitrogens with one attached hydrogen (secondary N) is 2. The Labute approximate surface area is 157 Å². The molecule has 136 valence electrons. The number of fused-ring (bicyclic) bond motifs is 3. The van der Waals surface area contributed by atoms with Crippen molar-refractivity contribution in [1.29, 1.82) is 0 Å². The number of hydrazone groups is 1. The number of aromatic amines is 1. The highest BCUT2D eigenvalue weighted by Crippen LogP contribution is 2.21. The SMILES string of the molecule is CCN(CC)c1ccc(C=NNc2nnc3c(n2)[nH]c2ccccc23)cc1. The molecule has 7 nitrogen and oxygen atoms in total. The van der Waals surface area contributed by atoms with Crippen LogP contribution in [0.2, 0.25) is 0 Å². The minimum atomic E-state index is 0.352. The zero-order chi connectivity index (χ0) is 18.6. The van der Waals surface area contributed by atoms with Crippen molar-refractivity contribution < 1.29 is 0 Å². The average Bonchev–Trinajstić information content (AvgIpc) is 3.08. The highest BCUT2D eigenvalue weighted by atomic mass is 15.4. The molecule has 4 aromatic rings. The van der Waals surface area contributed by atoms with Crippen molar-refractivity contribution in [2.75, 3.05) is 23.4 Å². The number of para-hydroxylation sites is 1. The average molecular weight is 359 g/mol. The molecule has 0 fully saturated rings. The fourth-order valence-corrected chi connectivity index (χ4v) is 3.09. The molecule has 7 heteroatoms. The number of aromatic nitrogens is 4. The van der Waals surface area contributed by atoms with Gasteiger partial charge in [-0.3, -0.25) is 0 Å². The molecule has 0 aliphatic heterocycles. The lowest BCUT2D eigenvalue weighted by Gasteiger charge is -2.20. The maximum absolute atomic E-state index is 4.44. The smallest absolute Gasteiger partial charge is 0.265 e. The van der Waals surface area contributed by atoms with Crippen molar-refractivity contribution in [3.63, 3.8) is 0 Å². The van der Waals surface area contributed by atoms with Crippen LogP contribution in [0.25, 0.3) is 22.1 Å². The molecule has 0 saturated carbocycles. The summed E-state index contributed by atoms with van der Waals surface area (Å²) in [4.78, 5) is 9.99. The Morgan fingerprint density at radius 3 is 2.59 bits per heavy atom. The predicted octanol–water partition coefficient (Wildman–Crippen LogP) is 3.80. The first-order valence-corrected chi connectivity index (χ1v) is 9.03. The van der Waals surface area contributed by atoms with Gasteiger partial charge in [-0.1, -0.05) is 30.3 Å². The normalized spacial score (nSPS) is 11.5. The van der Waals surface area contributed by atoms with Crippen molar-refractivity contribution in [3.05, 3.63) is 54.1 Å². The number of hydrogen-bond donors (Lipinski definition) is 2. The van der Waals surface area contributed by atoms with Crippen LogP contribution in [-0.2, 0) is 0 Å². The van der Waals surface area contributed by atoms with Crippen molar-refractivity contribution in [2.24, 2.45) is 5.10 Å². The molecule has 0 atom stereocenters. The molecule has 0 radical (unpaired) electrons. The number of hydrogen-bond acceptors (Lipinski definition) is 6. The van der Waals surface area contributed by atoms with Gasteiger partial charge >= 0.3 is 0 Å². The molecule has 4 rings (SSSR count). The third-order valence-corrected chi connectivity index (χ3v) is 4.52. The van der Waals surface area contributed by atoms with E-state index in [1.807, 2.05) is 36.4 Å². The molecule has 2 heterocycles. The summed E-state index contributed by atoms with van der Waals surface area (Å²) in [5.41, 5.74) is 7.49. The number of anilines is 2. The van der Waals surface area contributed by atoms with Crippen molar-refractivity contribution in [2.45, 2.75) is 13.8 Å². The molecule has 0 unspecified atom stereocenters. The second kappa shape index (κ2) is 7.41. The first kappa shape index (κ1) is 17.0. The van der Waals surface area contributed by atoms with Gasteiger partial charge in [-0.15, -0.1) is 10.2 Å². The summed E-state index contributed by atoms with van der Waals surface area (Å²) in [6.07, 6.45) is 1.74. The van der Waals surface area contributed by atoms with Gasteiger partial charge < -0.3 is 9.88 Å². The van der Waals surface area contributed by atoms with Crippen LogP contribution in [0.1, 0.15) is 19.4 Å². The van der Waals surface area contributed by atoms with E-state index in [0.717, 1.165) is 35.1 Å². The summed E-state index contributed by atoms with van der Waals surface area (Å²) in [7, 11) is 0. The van der Waals surface area contributed by atoms with Gasteiger partial charge in [-0.25, -0.2) is 5.43 Å². The molecule has 0 amide bonds. The number of rotatable bonds is 6. The summed E-state index contributed by atoms with van der Waals surface area (Å²) in [5.74, 6) is 0.352. The number of nitrogens with zero attached hydrogens (tertiary/aromatic N) is 5. The lowest BCUT2D eigenvalue weighted by Crippen LogP contribution is -2.21. The fourth-order valence-electron chi connectivity index (χ4n) is 3.09. The summed E-state index contributed by atoms with van der Waals surface area (Å²) in [6, 6.07) is 16.2. The Kier molecular flexibility index (Phi) is 4.65. The Balaban J connectivity index is 1.48. The van der Waals surface area contributed by atoms with Crippen LogP contribution in [-0.4, -0.2) is 39.5 Å². The van der Waals surface area contributed by atoms with E-state index >= 15 is 0 Å². The quantitative estimate of drug-likeness (QED) is 0.404. The molecule has 0 bridgehead atoms. The molecule has 27 heavy (non-hydrogen) atoms. The minimum absolute atomic E-state index is 0.352. The molecule has 2 aromatic heterocycles. The second-order valence-electron chi connectivity index (χ2n) is 6.14. The summed E-state index contributed by atoms with van der Waals surface area (Å²) >= 11 is 0. The largest absolute Gasteiger partial charge is 0.372 e. The fraction of sp³-hybridized carbons (Fsp3) is 0.200. The van der Waals surface area contributed by atoms with Gasteiger partial charge in [0.1, 0.15) is 5.52 Å². The number of H-pyrrole nitrogens is 1. The van der Waals surface area contributed by atoms with E-state index in [4.69, 9.17) is 0 Å². The molecule has 0 spiro atoms. The molecule has 0 aliphatic rings. The van der Waals surface area contributed by atoms with Crippen LogP contribution >= 0.6 is 0 Å². The maximum atomic E-state index is 4.44. The predicted molar refractivity (Wildman–Crippen MR) is 110 cm³/mol. The van der Waals surface area contributed by atoms with E-state index in [9.17, 15) is 0 Å². The van der Waals surface area contributed by atoms with E-state index < -0.39 is 0 Å². The Hall–Kier alpha value is -3.48. The van der Waals surface area contributed by atoms with Crippen LogP contribution in [0.3, 0.4) is 0 Å². The van der Waals surface area contributed by atoms with Gasteiger partial charge in [0, 0.05) is 29.7 Å². The maximum Gasteiger partial charge on any atom is 0.265 e. The van der Waals surface area contributed by atoms with Crippen LogP contribution in [0.4, 0.5) is 11.6 Å². The van der Waals surface area contributed by atoms with E-state index in [-0.39, 0.29) is 0 Å². The highest BCUT2D eigenvalue weighted by molar-refractivity contribution is 6.03. The molecular formula is C20H21N7. The molecule has 2 aromatic carbocycles. The van der Waals surface area contributed by atoms with Gasteiger partial charge in [-0.2, -0.15) is 10.1 Å². The van der Waals surface area contributed by atoms with Crippen LogP contribution in [0, 0.1) is 0 Å². The zero-order valence-corrected chi connectivity index (χ0v) is 15.3. The zero-order valence-electron chi connectivity index (χ0n) is 15.3. The van der Waals surface area contributed by atoms with E-state index in [0.29, 0.717) is 11.6 Å². The Bertz CT molecular complexity index is 1080. The molecular weight excluding hydrogens is 338 g/mol. The van der Waals surface area contributed by atoms with Crippen molar-refractivity contribution in [3.8, 4) is 0 Å². The first-order chi connectivity index (χ1) is 13.3. The minimum Gasteiger partial charge on any atom is -0.372 e. The van der Waals surface area contributed by atoms with Crippen LogP contribution < -0.4 is 10.3 Å². The van der Waals surface area contributed by atoms with E-state index in [2.05, 4.69) is 61.6 Å². The number of benzene rings is 2. The monoisotopic (exact) mass is 359 g/mol. The van der Waals surface area contributed by atoms with Crippen LogP contribution in [0.15, 0.2) is 53.6 Å². The highest BCUT2D eigenvalue weighted by Gasteiger charge is 2.08. The summed E-state index contributed by atoms with van der Waals surface area (Å²) in [6.45, 7) is 6.29. The van der Waals surface area contributed by atoms with Crippen molar-refractivity contribution in [1.82, 2.24) is 20.2 Å². The van der Waals surface area contributed by atoms with Crippen LogP contribution in [0.5, 0.6) is 0 Å². The van der Waals surface area contributed by atoms with Gasteiger partial charge in [0.05, 0.1) is 6.21 Å². The van der Waals surface area contributed by atoms with Crippen molar-refractivity contribution >= 4 is 39.9 Å². The van der Waals surface area contributed by atoms with Gasteiger partial charge in [-0.05, 0) is 37.6 Å². The van der Waals surface area contributed by atoms with Gasteiger partial charge in [0.25, 0.3) is 5.95 Å². The van der Waals surface area contributed by atoms with Gasteiger partial charge in [0.2, 0.25) is 0 Å². The van der Waals surface area contributed by atoms with E-state index in [1.54, 1.807) is 6.21 Å². The van der Waals surface area contributed by atoms with E-state index in [1.165, 1.54) is 5.69 Å². The lowest BCUT2D eigenvalue weighted by atomic mass is 10.2. The second-order valence-corrected chi connectivity index (χ2v) is 6.14. The summed E-state index contributed by atoms with van der Waals surface area (Å²) < 4.78 is 0. The lowest BCUT2D eigenvalue weighted by molar-refractivity contribution is 0.866. The standard InChI is InChI=1S/C20H21N7/c1-3-27(4-2)15-11-9-14(10-12-15)13-21-25-20-23-19-18(24-26-20)16-7-5-6-8-17(16)22-19/h5-13H,3-4H2,1-2H3,(H2,22,23,25,26). The third kappa shape index (κ3) is 3.44. The first-order valence-electron chi connectivity index (χ1n) is 9.03. The Morgan fingerprint density at radius 2 is 1.81 bits per heavy atom. The topological polar surface area (TPSA) is 82.1 Å².